The number of hydrogen-bond donors (Lipinski definition) is 1. The molecule has 0 unspecified atom stereocenters. The summed E-state index contributed by atoms with van der Waals surface area (Å²) in [6, 6.07) is 6.60. The van der Waals surface area contributed by atoms with Crippen LogP contribution in [0.4, 0.5) is 0 Å². The average Bonchev–Trinajstić information content (AvgIpc) is 2.40. The predicted molar refractivity (Wildman–Crippen MR) is 95.7 cm³/mol. The van der Waals surface area contributed by atoms with Gasteiger partial charge in [-0.2, -0.15) is 0 Å². The van der Waals surface area contributed by atoms with Crippen molar-refractivity contribution >= 4 is 17.0 Å². The van der Waals surface area contributed by atoms with Gasteiger partial charge in [-0.25, -0.2) is 0 Å². The molecule has 2 rings (SSSR count). The molecule has 0 fully saturated rings. The molecular formula is C18H30BrNO. The van der Waals surface area contributed by atoms with Gasteiger partial charge in [0, 0.05) is 11.5 Å². The third-order valence-corrected chi connectivity index (χ3v) is 4.81. The van der Waals surface area contributed by atoms with E-state index in [2.05, 4.69) is 38.7 Å². The van der Waals surface area contributed by atoms with Crippen LogP contribution in [0.2, 0.25) is 0 Å². The monoisotopic (exact) mass is 355 g/mol. The molecular weight excluding hydrogens is 326 g/mol. The van der Waals surface area contributed by atoms with Gasteiger partial charge in [-0.05, 0) is 56.0 Å². The Labute approximate surface area is 140 Å². The third-order valence-electron chi connectivity index (χ3n) is 4.81. The van der Waals surface area contributed by atoms with Crippen LogP contribution in [0.3, 0.4) is 0 Å². The van der Waals surface area contributed by atoms with Crippen molar-refractivity contribution in [1.82, 2.24) is 4.90 Å². The van der Waals surface area contributed by atoms with Crippen LogP contribution in [0.15, 0.2) is 18.2 Å². The second kappa shape index (κ2) is 7.64. The van der Waals surface area contributed by atoms with Crippen molar-refractivity contribution in [2.24, 2.45) is 0 Å². The normalized spacial score (nSPS) is 20.0. The van der Waals surface area contributed by atoms with E-state index in [4.69, 9.17) is 0 Å². The van der Waals surface area contributed by atoms with E-state index < -0.39 is 0 Å². The summed E-state index contributed by atoms with van der Waals surface area (Å²) < 4.78 is 0. The fraction of sp³-hybridized carbons (Fsp3) is 0.667. The first-order valence-electron chi connectivity index (χ1n) is 8.07. The molecule has 3 heteroatoms. The Morgan fingerprint density at radius 1 is 1.19 bits per heavy atom. The maximum atomic E-state index is 10.1. The molecule has 0 aliphatic heterocycles. The quantitative estimate of drug-likeness (QED) is 0.828. The number of phenolic OH excluding ortho intramolecular Hbond substituents is 1. The van der Waals surface area contributed by atoms with Crippen molar-refractivity contribution in [2.75, 3.05) is 13.1 Å². The lowest BCUT2D eigenvalue weighted by atomic mass is 9.68. The zero-order chi connectivity index (χ0) is 14.8. The number of aromatic hydroxyl groups is 1. The standard InChI is InChI=1S/C18H29NO.BrH/c1-5-12-19(13-6-2)17-11-10-14-15(18(17,3)4)8-7-9-16(14)20;/h7-9,17,20H,5-6,10-13H2,1-4H3;1H/t17-;/m0./s1. The van der Waals surface area contributed by atoms with Gasteiger partial charge in [-0.1, -0.05) is 39.8 Å². The Morgan fingerprint density at radius 2 is 1.81 bits per heavy atom. The number of fused-ring (bicyclic) bond motifs is 1. The van der Waals surface area contributed by atoms with E-state index in [0.717, 1.165) is 12.8 Å². The van der Waals surface area contributed by atoms with Crippen LogP contribution < -0.4 is 0 Å². The molecule has 1 aromatic rings. The fourth-order valence-electron chi connectivity index (χ4n) is 3.90. The minimum absolute atomic E-state index is 0. The van der Waals surface area contributed by atoms with Crippen LogP contribution >= 0.6 is 17.0 Å². The molecule has 21 heavy (non-hydrogen) atoms. The number of benzene rings is 1. The second-order valence-corrected chi connectivity index (χ2v) is 6.62. The summed E-state index contributed by atoms with van der Waals surface area (Å²) in [7, 11) is 0. The van der Waals surface area contributed by atoms with Crippen molar-refractivity contribution in [2.45, 2.75) is 64.8 Å². The molecule has 1 N–H and O–H groups in total. The molecule has 0 aromatic heterocycles. The molecule has 0 saturated heterocycles. The molecule has 1 atom stereocenters. The van der Waals surface area contributed by atoms with Gasteiger partial charge in [0.15, 0.2) is 0 Å². The maximum absolute atomic E-state index is 10.1. The van der Waals surface area contributed by atoms with E-state index in [0.29, 0.717) is 11.8 Å². The first-order chi connectivity index (χ1) is 9.52. The molecule has 0 spiro atoms. The lowest BCUT2D eigenvalue weighted by Crippen LogP contribution is -2.50. The predicted octanol–water partition coefficient (Wildman–Crippen LogP) is 4.68. The Kier molecular flexibility index (Phi) is 6.73. The van der Waals surface area contributed by atoms with E-state index in [9.17, 15) is 5.11 Å². The zero-order valence-corrected chi connectivity index (χ0v) is 15.6. The van der Waals surface area contributed by atoms with Gasteiger partial charge in [0.05, 0.1) is 0 Å². The Hall–Kier alpha value is -0.540. The van der Waals surface area contributed by atoms with Crippen molar-refractivity contribution < 1.29 is 5.11 Å². The van der Waals surface area contributed by atoms with Gasteiger partial charge in [-0.15, -0.1) is 17.0 Å². The summed E-state index contributed by atoms with van der Waals surface area (Å²) in [6.45, 7) is 11.6. The van der Waals surface area contributed by atoms with E-state index in [-0.39, 0.29) is 22.4 Å². The van der Waals surface area contributed by atoms with Gasteiger partial charge < -0.3 is 5.11 Å². The molecule has 0 radical (unpaired) electrons. The van der Waals surface area contributed by atoms with Gasteiger partial charge in [0.1, 0.15) is 5.75 Å². The van der Waals surface area contributed by atoms with Gasteiger partial charge in [0.25, 0.3) is 0 Å². The smallest absolute Gasteiger partial charge is 0.119 e. The molecule has 0 heterocycles. The van der Waals surface area contributed by atoms with E-state index in [1.807, 2.05) is 12.1 Å². The van der Waals surface area contributed by atoms with Crippen molar-refractivity contribution in [1.29, 1.82) is 0 Å². The highest BCUT2D eigenvalue weighted by Gasteiger charge is 2.40. The average molecular weight is 356 g/mol. The Morgan fingerprint density at radius 3 is 2.38 bits per heavy atom. The highest BCUT2D eigenvalue weighted by atomic mass is 79.9. The third kappa shape index (κ3) is 3.62. The van der Waals surface area contributed by atoms with Gasteiger partial charge >= 0.3 is 0 Å². The summed E-state index contributed by atoms with van der Waals surface area (Å²) in [5.41, 5.74) is 2.61. The van der Waals surface area contributed by atoms with Crippen molar-refractivity contribution in [3.8, 4) is 5.75 Å². The lowest BCUT2D eigenvalue weighted by Gasteiger charge is -2.46. The summed E-state index contributed by atoms with van der Waals surface area (Å²) in [5, 5.41) is 10.1. The van der Waals surface area contributed by atoms with Crippen LogP contribution in [0.25, 0.3) is 0 Å². The largest absolute Gasteiger partial charge is 0.508 e. The highest BCUT2D eigenvalue weighted by Crippen LogP contribution is 2.42. The summed E-state index contributed by atoms with van der Waals surface area (Å²) in [5.74, 6) is 0.478. The first kappa shape index (κ1) is 18.5. The maximum Gasteiger partial charge on any atom is 0.119 e. The highest BCUT2D eigenvalue weighted by molar-refractivity contribution is 8.93. The van der Waals surface area contributed by atoms with Crippen LogP contribution in [0, 0.1) is 0 Å². The zero-order valence-electron chi connectivity index (χ0n) is 13.9. The molecule has 0 saturated carbocycles. The number of nitrogens with zero attached hydrogens (tertiary/aromatic N) is 1. The minimum atomic E-state index is 0. The lowest BCUT2D eigenvalue weighted by molar-refractivity contribution is 0.115. The molecule has 0 bridgehead atoms. The number of rotatable bonds is 5. The van der Waals surface area contributed by atoms with Crippen LogP contribution in [-0.2, 0) is 11.8 Å². The van der Waals surface area contributed by atoms with Crippen molar-refractivity contribution in [3.63, 3.8) is 0 Å². The van der Waals surface area contributed by atoms with E-state index in [1.165, 1.54) is 37.1 Å². The SMILES string of the molecule is Br.CCCN(CCC)[C@H]1CCc2c(O)cccc2C1(C)C. The Balaban J connectivity index is 0.00000220. The van der Waals surface area contributed by atoms with Crippen molar-refractivity contribution in [3.05, 3.63) is 29.3 Å². The Bertz CT molecular complexity index is 453. The van der Waals surface area contributed by atoms with Crippen LogP contribution in [-0.4, -0.2) is 29.1 Å². The number of hydrogen-bond acceptors (Lipinski definition) is 2. The number of phenols is 1. The fourth-order valence-corrected chi connectivity index (χ4v) is 3.90. The second-order valence-electron chi connectivity index (χ2n) is 6.62. The summed E-state index contributed by atoms with van der Waals surface area (Å²) >= 11 is 0. The van der Waals surface area contributed by atoms with E-state index in [1.54, 1.807) is 0 Å². The molecule has 1 aliphatic rings. The molecule has 1 aliphatic carbocycles. The summed E-state index contributed by atoms with van der Waals surface area (Å²) in [4.78, 5) is 2.66. The number of halogens is 1. The molecule has 0 amide bonds. The van der Waals surface area contributed by atoms with Gasteiger partial charge in [-0.3, -0.25) is 4.90 Å². The minimum Gasteiger partial charge on any atom is -0.508 e. The molecule has 1 aromatic carbocycles. The topological polar surface area (TPSA) is 23.5 Å². The molecule has 2 nitrogen and oxygen atoms in total. The van der Waals surface area contributed by atoms with Crippen LogP contribution in [0.5, 0.6) is 5.75 Å². The van der Waals surface area contributed by atoms with Crippen LogP contribution in [0.1, 0.15) is 58.1 Å². The van der Waals surface area contributed by atoms with E-state index >= 15 is 0 Å². The van der Waals surface area contributed by atoms with Gasteiger partial charge in [0.2, 0.25) is 0 Å². The first-order valence-corrected chi connectivity index (χ1v) is 8.07. The summed E-state index contributed by atoms with van der Waals surface area (Å²) in [6.07, 6.45) is 4.57. The molecule has 120 valence electrons.